The van der Waals surface area contributed by atoms with Gasteiger partial charge in [-0.05, 0) is 41.9 Å². The second-order valence-electron chi connectivity index (χ2n) is 5.79. The Morgan fingerprint density at radius 2 is 2.05 bits per heavy atom. The van der Waals surface area contributed by atoms with Gasteiger partial charge < -0.3 is 9.80 Å². The highest BCUT2D eigenvalue weighted by atomic mass is 79.9. The van der Waals surface area contributed by atoms with E-state index >= 15 is 0 Å². The van der Waals surface area contributed by atoms with Crippen molar-refractivity contribution in [3.63, 3.8) is 0 Å². The topological polar surface area (TPSA) is 49.3 Å². The standard InChI is InChI=1S/C15H17BrN4O/c1-15(2)14(21)19(3)6-7-20(15)12-4-5-17-11-8-10(16)9-18-13(11)12/h4-5,8-9H,6-7H2,1-3H3. The number of piperazine rings is 1. The van der Waals surface area contributed by atoms with Crippen LogP contribution in [-0.2, 0) is 4.79 Å². The van der Waals surface area contributed by atoms with Crippen molar-refractivity contribution >= 4 is 38.6 Å². The van der Waals surface area contributed by atoms with E-state index in [1.165, 1.54) is 0 Å². The molecule has 2 aromatic heterocycles. The molecule has 1 aliphatic heterocycles. The van der Waals surface area contributed by atoms with E-state index in [2.05, 4.69) is 30.8 Å². The van der Waals surface area contributed by atoms with Crippen LogP contribution in [-0.4, -0.2) is 46.5 Å². The zero-order chi connectivity index (χ0) is 15.2. The summed E-state index contributed by atoms with van der Waals surface area (Å²) in [6.45, 7) is 5.40. The zero-order valence-electron chi connectivity index (χ0n) is 12.3. The molecule has 0 unspecified atom stereocenters. The molecule has 1 amide bonds. The van der Waals surface area contributed by atoms with Gasteiger partial charge in [-0.3, -0.25) is 14.8 Å². The Morgan fingerprint density at radius 3 is 2.81 bits per heavy atom. The van der Waals surface area contributed by atoms with Crippen molar-refractivity contribution in [2.45, 2.75) is 19.4 Å². The largest absolute Gasteiger partial charge is 0.354 e. The number of amides is 1. The quantitative estimate of drug-likeness (QED) is 0.794. The van der Waals surface area contributed by atoms with Crippen LogP contribution in [0.1, 0.15) is 13.8 Å². The molecular formula is C15H17BrN4O. The number of nitrogens with zero attached hydrogens (tertiary/aromatic N) is 4. The summed E-state index contributed by atoms with van der Waals surface area (Å²) in [7, 11) is 1.85. The molecule has 0 bridgehead atoms. The van der Waals surface area contributed by atoms with Gasteiger partial charge in [-0.2, -0.15) is 0 Å². The molecule has 3 heterocycles. The molecule has 0 aliphatic carbocycles. The predicted octanol–water partition coefficient (Wildman–Crippen LogP) is 2.45. The molecule has 3 rings (SSSR count). The number of carbonyl (C=O) groups is 1. The van der Waals surface area contributed by atoms with E-state index in [1.54, 1.807) is 17.3 Å². The summed E-state index contributed by atoms with van der Waals surface area (Å²) >= 11 is 3.42. The van der Waals surface area contributed by atoms with Crippen LogP contribution in [0.5, 0.6) is 0 Å². The molecule has 1 saturated heterocycles. The molecule has 2 aromatic rings. The first-order chi connectivity index (χ1) is 9.91. The fraction of sp³-hybridized carbons (Fsp3) is 0.400. The lowest BCUT2D eigenvalue weighted by Crippen LogP contribution is -2.62. The molecule has 0 saturated carbocycles. The Hall–Kier alpha value is -1.69. The van der Waals surface area contributed by atoms with Gasteiger partial charge in [0.2, 0.25) is 5.91 Å². The Balaban J connectivity index is 2.14. The maximum absolute atomic E-state index is 12.5. The molecule has 5 nitrogen and oxygen atoms in total. The number of hydrogen-bond acceptors (Lipinski definition) is 4. The average Bonchev–Trinajstić information content (AvgIpc) is 2.44. The highest BCUT2D eigenvalue weighted by molar-refractivity contribution is 9.10. The normalized spacial score (nSPS) is 18.4. The molecule has 1 aliphatic rings. The molecule has 21 heavy (non-hydrogen) atoms. The molecule has 6 heteroatoms. The minimum absolute atomic E-state index is 0.121. The number of aromatic nitrogens is 2. The first-order valence-corrected chi connectivity index (χ1v) is 7.64. The molecular weight excluding hydrogens is 332 g/mol. The Kier molecular flexibility index (Phi) is 3.36. The summed E-state index contributed by atoms with van der Waals surface area (Å²) in [5.41, 5.74) is 2.02. The molecule has 0 N–H and O–H groups in total. The third-order valence-electron chi connectivity index (χ3n) is 4.02. The van der Waals surface area contributed by atoms with Gasteiger partial charge in [0.05, 0.1) is 11.2 Å². The molecule has 110 valence electrons. The number of anilines is 1. The number of halogens is 1. The van der Waals surface area contributed by atoms with Gasteiger partial charge in [0, 0.05) is 37.0 Å². The van der Waals surface area contributed by atoms with Crippen LogP contribution >= 0.6 is 15.9 Å². The van der Waals surface area contributed by atoms with Gasteiger partial charge in [0.1, 0.15) is 11.1 Å². The van der Waals surface area contributed by atoms with Gasteiger partial charge in [-0.25, -0.2) is 0 Å². The monoisotopic (exact) mass is 348 g/mol. The fourth-order valence-corrected chi connectivity index (χ4v) is 3.16. The fourth-order valence-electron chi connectivity index (χ4n) is 2.84. The van der Waals surface area contributed by atoms with Crippen LogP contribution in [0.3, 0.4) is 0 Å². The number of pyridine rings is 2. The smallest absolute Gasteiger partial charge is 0.247 e. The van der Waals surface area contributed by atoms with Crippen molar-refractivity contribution in [1.82, 2.24) is 14.9 Å². The minimum atomic E-state index is -0.587. The van der Waals surface area contributed by atoms with Gasteiger partial charge in [0.15, 0.2) is 0 Å². The lowest BCUT2D eigenvalue weighted by atomic mass is 9.96. The first kappa shape index (κ1) is 14.3. The van der Waals surface area contributed by atoms with Crippen LogP contribution in [0.25, 0.3) is 11.0 Å². The van der Waals surface area contributed by atoms with Crippen LogP contribution < -0.4 is 4.90 Å². The van der Waals surface area contributed by atoms with Crippen molar-refractivity contribution in [1.29, 1.82) is 0 Å². The molecule has 0 atom stereocenters. The van der Waals surface area contributed by atoms with Crippen LogP contribution in [0, 0.1) is 0 Å². The number of rotatable bonds is 1. The van der Waals surface area contributed by atoms with Crippen molar-refractivity contribution in [2.24, 2.45) is 0 Å². The van der Waals surface area contributed by atoms with Crippen LogP contribution in [0.2, 0.25) is 0 Å². The molecule has 0 spiro atoms. The maximum atomic E-state index is 12.5. The van der Waals surface area contributed by atoms with E-state index in [1.807, 2.05) is 33.0 Å². The van der Waals surface area contributed by atoms with E-state index in [4.69, 9.17) is 0 Å². The molecule has 0 radical (unpaired) electrons. The summed E-state index contributed by atoms with van der Waals surface area (Å²) in [4.78, 5) is 25.2. The Bertz CT molecular complexity index is 716. The first-order valence-electron chi connectivity index (χ1n) is 6.85. The van der Waals surface area contributed by atoms with Crippen molar-refractivity contribution < 1.29 is 4.79 Å². The van der Waals surface area contributed by atoms with E-state index in [0.29, 0.717) is 6.54 Å². The second-order valence-corrected chi connectivity index (χ2v) is 6.70. The summed E-state index contributed by atoms with van der Waals surface area (Å²) < 4.78 is 0.897. The van der Waals surface area contributed by atoms with Crippen molar-refractivity contribution in [3.8, 4) is 0 Å². The SMILES string of the molecule is CN1CCN(c2ccnc3cc(Br)cnc23)C(C)(C)C1=O. The lowest BCUT2D eigenvalue weighted by Gasteiger charge is -2.46. The third kappa shape index (κ3) is 2.27. The number of hydrogen-bond donors (Lipinski definition) is 0. The predicted molar refractivity (Wildman–Crippen MR) is 86.3 cm³/mol. The summed E-state index contributed by atoms with van der Waals surface area (Å²) in [5, 5.41) is 0. The lowest BCUT2D eigenvalue weighted by molar-refractivity contribution is -0.136. The van der Waals surface area contributed by atoms with Crippen LogP contribution in [0.15, 0.2) is 29.0 Å². The zero-order valence-corrected chi connectivity index (χ0v) is 13.9. The summed E-state index contributed by atoms with van der Waals surface area (Å²) in [6.07, 6.45) is 3.53. The van der Waals surface area contributed by atoms with Crippen molar-refractivity contribution in [2.75, 3.05) is 25.0 Å². The van der Waals surface area contributed by atoms with E-state index in [9.17, 15) is 4.79 Å². The van der Waals surface area contributed by atoms with E-state index in [-0.39, 0.29) is 5.91 Å². The van der Waals surface area contributed by atoms with E-state index < -0.39 is 5.54 Å². The van der Waals surface area contributed by atoms with Crippen molar-refractivity contribution in [3.05, 3.63) is 29.0 Å². The Morgan fingerprint density at radius 1 is 1.29 bits per heavy atom. The summed E-state index contributed by atoms with van der Waals surface area (Å²) in [5.74, 6) is 0.121. The van der Waals surface area contributed by atoms with E-state index in [0.717, 1.165) is 27.7 Å². The van der Waals surface area contributed by atoms with Gasteiger partial charge >= 0.3 is 0 Å². The number of fused-ring (bicyclic) bond motifs is 1. The number of carbonyl (C=O) groups excluding carboxylic acids is 1. The number of likely N-dealkylation sites (N-methyl/N-ethyl adjacent to an activating group) is 1. The van der Waals surface area contributed by atoms with Gasteiger partial charge in [-0.15, -0.1) is 0 Å². The maximum Gasteiger partial charge on any atom is 0.247 e. The van der Waals surface area contributed by atoms with Gasteiger partial charge in [0.25, 0.3) is 0 Å². The Labute approximate surface area is 132 Å². The second kappa shape index (κ2) is 4.94. The highest BCUT2D eigenvalue weighted by Crippen LogP contribution is 2.32. The highest BCUT2D eigenvalue weighted by Gasteiger charge is 2.41. The third-order valence-corrected chi connectivity index (χ3v) is 4.45. The molecule has 0 aromatic carbocycles. The average molecular weight is 349 g/mol. The van der Waals surface area contributed by atoms with Crippen LogP contribution in [0.4, 0.5) is 5.69 Å². The summed E-state index contributed by atoms with van der Waals surface area (Å²) in [6, 6.07) is 3.88. The minimum Gasteiger partial charge on any atom is -0.354 e. The molecule has 1 fully saturated rings. The van der Waals surface area contributed by atoms with Gasteiger partial charge in [-0.1, -0.05) is 0 Å².